The molecule has 1 aromatic heterocycles. The van der Waals surface area contributed by atoms with Crippen LogP contribution in [0.4, 0.5) is 16.0 Å². The van der Waals surface area contributed by atoms with Crippen molar-refractivity contribution >= 4 is 23.0 Å². The maximum atomic E-state index is 14.5. The van der Waals surface area contributed by atoms with Gasteiger partial charge in [-0.05, 0) is 37.1 Å². The number of aliphatic imine (C=N–C) groups is 1. The minimum atomic E-state index is -0.338. The van der Waals surface area contributed by atoms with Crippen LogP contribution in [0.2, 0.25) is 0 Å². The molecule has 6 nitrogen and oxygen atoms in total. The van der Waals surface area contributed by atoms with Gasteiger partial charge in [-0.1, -0.05) is 13.5 Å². The first-order chi connectivity index (χ1) is 12.6. The summed E-state index contributed by atoms with van der Waals surface area (Å²) in [5.74, 6) is 1.46. The first kappa shape index (κ1) is 17.5. The molecule has 1 N–H and O–H groups in total. The lowest BCUT2D eigenvalue weighted by atomic mass is 10.1. The molecule has 0 unspecified atom stereocenters. The molecule has 0 amide bonds. The van der Waals surface area contributed by atoms with Gasteiger partial charge in [0.2, 0.25) is 0 Å². The second-order valence-corrected chi connectivity index (χ2v) is 5.85. The minimum absolute atomic E-state index is 0.0421. The van der Waals surface area contributed by atoms with E-state index in [2.05, 4.69) is 25.1 Å². The average Bonchev–Trinajstić information content (AvgIpc) is 3.10. The largest absolute Gasteiger partial charge is 0.491 e. The summed E-state index contributed by atoms with van der Waals surface area (Å²) in [7, 11) is 0. The topological polar surface area (TPSA) is 63.8 Å². The fourth-order valence-electron chi connectivity index (χ4n) is 2.39. The number of halogens is 1. The summed E-state index contributed by atoms with van der Waals surface area (Å²) < 4.78 is 20.1. The molecule has 132 valence electrons. The van der Waals surface area contributed by atoms with E-state index < -0.39 is 0 Å². The van der Waals surface area contributed by atoms with Crippen LogP contribution in [0.3, 0.4) is 0 Å². The van der Waals surface area contributed by atoms with E-state index in [1.165, 1.54) is 18.5 Å². The van der Waals surface area contributed by atoms with Crippen molar-refractivity contribution in [1.82, 2.24) is 9.97 Å². The predicted octanol–water partition coefficient (Wildman–Crippen LogP) is 4.25. The second kappa shape index (κ2) is 7.74. The lowest BCUT2D eigenvalue weighted by Crippen LogP contribution is -2.10. The lowest BCUT2D eigenvalue weighted by molar-refractivity contribution is 0.216. The van der Waals surface area contributed by atoms with E-state index in [0.29, 0.717) is 29.5 Å². The summed E-state index contributed by atoms with van der Waals surface area (Å²) in [5, 5.41) is 3.01. The number of nitrogens with zero attached hydrogens (tertiary/aromatic N) is 4. The minimum Gasteiger partial charge on any atom is -0.491 e. The summed E-state index contributed by atoms with van der Waals surface area (Å²) in [6.45, 7) is 11.2. The Morgan fingerprint density at radius 1 is 1.35 bits per heavy atom. The van der Waals surface area contributed by atoms with Crippen molar-refractivity contribution < 1.29 is 9.13 Å². The molecule has 0 saturated heterocycles. The number of hydrogen-bond acceptors (Lipinski definition) is 5. The van der Waals surface area contributed by atoms with Gasteiger partial charge in [-0.3, -0.25) is 4.99 Å². The van der Waals surface area contributed by atoms with Crippen LogP contribution in [-0.4, -0.2) is 28.5 Å². The standard InChI is InChI=1S/C19H18FN5O/c1-4-12(2)26-14-5-6-15(16(20)8-14)13-7-17(22-9-13)25-19-11-23-18(21-3)10-24-19/h5-8,10-12H,4,9H2,1-2H3,(H,22,24,25)/t12-/m0/s1. The summed E-state index contributed by atoms with van der Waals surface area (Å²) in [6, 6.07) is 4.88. The Labute approximate surface area is 151 Å². The molecule has 0 radical (unpaired) electrons. The van der Waals surface area contributed by atoms with Gasteiger partial charge in [0.25, 0.3) is 5.82 Å². The van der Waals surface area contributed by atoms with Gasteiger partial charge < -0.3 is 14.9 Å². The third kappa shape index (κ3) is 4.03. The number of aromatic nitrogens is 2. The number of hydrogen-bond donors (Lipinski definition) is 1. The van der Waals surface area contributed by atoms with Crippen LogP contribution in [-0.2, 0) is 0 Å². The molecule has 0 saturated carbocycles. The van der Waals surface area contributed by atoms with Crippen LogP contribution in [0.25, 0.3) is 10.4 Å². The summed E-state index contributed by atoms with van der Waals surface area (Å²) >= 11 is 0. The van der Waals surface area contributed by atoms with Crippen molar-refractivity contribution in [2.24, 2.45) is 4.99 Å². The molecule has 0 fully saturated rings. The van der Waals surface area contributed by atoms with Crippen LogP contribution in [0.5, 0.6) is 5.75 Å². The van der Waals surface area contributed by atoms with Gasteiger partial charge in [0.1, 0.15) is 17.4 Å². The number of amidine groups is 1. The van der Waals surface area contributed by atoms with E-state index in [9.17, 15) is 4.39 Å². The van der Waals surface area contributed by atoms with Gasteiger partial charge in [0, 0.05) is 11.6 Å². The zero-order valence-corrected chi connectivity index (χ0v) is 14.5. The lowest BCUT2D eigenvalue weighted by Gasteiger charge is -2.13. The Morgan fingerprint density at radius 2 is 2.19 bits per heavy atom. The normalized spacial score (nSPS) is 14.2. The van der Waals surface area contributed by atoms with Crippen molar-refractivity contribution in [2.45, 2.75) is 26.4 Å². The first-order valence-corrected chi connectivity index (χ1v) is 8.27. The molecule has 3 rings (SSSR count). The average molecular weight is 351 g/mol. The van der Waals surface area contributed by atoms with Crippen LogP contribution in [0.15, 0.2) is 41.7 Å². The number of benzene rings is 1. The molecule has 1 aliphatic rings. The number of ether oxygens (including phenoxy) is 1. The Hall–Kier alpha value is -3.27. The van der Waals surface area contributed by atoms with E-state index in [4.69, 9.17) is 11.3 Å². The van der Waals surface area contributed by atoms with E-state index in [1.54, 1.807) is 18.2 Å². The highest BCUT2D eigenvalue weighted by Gasteiger charge is 2.16. The molecular formula is C19H18FN5O. The SMILES string of the molecule is [C-]#[N+]c1cnc(NC2=NCC(c3ccc(O[C@@H](C)CC)cc3F)=C2)cn1. The van der Waals surface area contributed by atoms with Crippen molar-refractivity contribution in [3.8, 4) is 5.75 Å². The van der Waals surface area contributed by atoms with E-state index in [1.807, 2.05) is 13.8 Å². The smallest absolute Gasteiger partial charge is 0.288 e. The summed E-state index contributed by atoms with van der Waals surface area (Å²) in [6.07, 6.45) is 5.52. The quantitative estimate of drug-likeness (QED) is 0.818. The van der Waals surface area contributed by atoms with Gasteiger partial charge >= 0.3 is 0 Å². The molecule has 1 atom stereocenters. The predicted molar refractivity (Wildman–Crippen MR) is 99.0 cm³/mol. The van der Waals surface area contributed by atoms with Crippen molar-refractivity contribution in [1.29, 1.82) is 0 Å². The van der Waals surface area contributed by atoms with Gasteiger partial charge in [-0.25, -0.2) is 9.37 Å². The van der Waals surface area contributed by atoms with Crippen LogP contribution < -0.4 is 10.1 Å². The highest BCUT2D eigenvalue weighted by molar-refractivity contribution is 6.10. The molecular weight excluding hydrogens is 333 g/mol. The maximum Gasteiger partial charge on any atom is 0.288 e. The number of rotatable bonds is 5. The van der Waals surface area contributed by atoms with Gasteiger partial charge in [-0.15, -0.1) is 4.98 Å². The molecule has 2 heterocycles. The van der Waals surface area contributed by atoms with Crippen LogP contribution in [0.1, 0.15) is 25.8 Å². The van der Waals surface area contributed by atoms with Gasteiger partial charge in [0.15, 0.2) is 12.0 Å². The highest BCUT2D eigenvalue weighted by Crippen LogP contribution is 2.26. The monoisotopic (exact) mass is 351 g/mol. The molecule has 0 spiro atoms. The molecule has 0 aliphatic carbocycles. The molecule has 0 bridgehead atoms. The van der Waals surface area contributed by atoms with Crippen LogP contribution >= 0.6 is 0 Å². The molecule has 2 aromatic rings. The third-order valence-electron chi connectivity index (χ3n) is 3.94. The number of anilines is 1. The summed E-state index contributed by atoms with van der Waals surface area (Å²) in [5.41, 5.74) is 1.27. The van der Waals surface area contributed by atoms with E-state index in [-0.39, 0.29) is 17.7 Å². The highest BCUT2D eigenvalue weighted by atomic mass is 19.1. The zero-order valence-electron chi connectivity index (χ0n) is 14.5. The van der Waals surface area contributed by atoms with Crippen molar-refractivity contribution in [3.05, 3.63) is 59.5 Å². The zero-order chi connectivity index (χ0) is 18.5. The Bertz CT molecular complexity index is 899. The van der Waals surface area contributed by atoms with Gasteiger partial charge in [-0.2, -0.15) is 0 Å². The van der Waals surface area contributed by atoms with Crippen molar-refractivity contribution in [3.63, 3.8) is 0 Å². The molecule has 26 heavy (non-hydrogen) atoms. The van der Waals surface area contributed by atoms with E-state index in [0.717, 1.165) is 12.0 Å². The Balaban J connectivity index is 1.71. The fourth-order valence-corrected chi connectivity index (χ4v) is 2.39. The molecule has 1 aliphatic heterocycles. The van der Waals surface area contributed by atoms with E-state index >= 15 is 0 Å². The fraction of sp³-hybridized carbons (Fsp3) is 0.263. The Morgan fingerprint density at radius 3 is 2.85 bits per heavy atom. The number of nitrogens with one attached hydrogen (secondary N) is 1. The second-order valence-electron chi connectivity index (χ2n) is 5.85. The maximum absolute atomic E-state index is 14.5. The third-order valence-corrected chi connectivity index (χ3v) is 3.94. The van der Waals surface area contributed by atoms with Crippen molar-refractivity contribution in [2.75, 3.05) is 11.9 Å². The summed E-state index contributed by atoms with van der Waals surface area (Å²) in [4.78, 5) is 15.6. The molecule has 1 aromatic carbocycles. The Kier molecular flexibility index (Phi) is 5.23. The van der Waals surface area contributed by atoms with Gasteiger partial charge in [0.05, 0.1) is 18.8 Å². The molecule has 7 heteroatoms. The van der Waals surface area contributed by atoms with Crippen LogP contribution in [0, 0.1) is 12.4 Å². The first-order valence-electron chi connectivity index (χ1n) is 8.27.